The standard InChI is InChI=1S/C25H27N5O13/c1-10(31)39-20-18-14(41-22(20)29-5-3-15(33)26-24(29)35)9-38-19-17(13-7-12(8-37-18)43-28-13)42-23(21(19)40-11(2)32)30-6-4-16(34)27-25(30)36/h3-6,12,14,17-23H,7-9H2,1-2H3,(H,26,33,35)(H,27,34,36)/t12-,14-,17-,18+,19+,20-,21-,22-,23-/m1/s1. The molecule has 2 aromatic heterocycles. The van der Waals surface area contributed by atoms with Crippen LogP contribution in [0.5, 0.6) is 0 Å². The number of esters is 2. The number of H-pyrrole nitrogens is 2. The molecule has 0 saturated carbocycles. The fraction of sp³-hybridized carbons (Fsp3) is 0.560. The highest BCUT2D eigenvalue weighted by Gasteiger charge is 2.55. The van der Waals surface area contributed by atoms with Crippen LogP contribution >= 0.6 is 0 Å². The predicted octanol–water partition coefficient (Wildman–Crippen LogP) is -2.33. The second-order valence-corrected chi connectivity index (χ2v) is 10.3. The Morgan fingerprint density at radius 2 is 1.40 bits per heavy atom. The molecule has 2 N–H and O–H groups in total. The quantitative estimate of drug-likeness (QED) is 0.350. The molecule has 2 bridgehead atoms. The third-order valence-electron chi connectivity index (χ3n) is 7.34. The molecule has 3 fully saturated rings. The van der Waals surface area contributed by atoms with Crippen molar-refractivity contribution < 1.29 is 42.8 Å². The van der Waals surface area contributed by atoms with E-state index in [1.54, 1.807) is 0 Å². The molecule has 18 heteroatoms. The lowest BCUT2D eigenvalue weighted by molar-refractivity contribution is -0.161. The van der Waals surface area contributed by atoms with E-state index in [4.69, 9.17) is 33.3 Å². The highest BCUT2D eigenvalue weighted by Crippen LogP contribution is 2.39. The van der Waals surface area contributed by atoms with Crippen LogP contribution in [-0.2, 0) is 42.8 Å². The molecule has 4 aliphatic rings. The molecule has 43 heavy (non-hydrogen) atoms. The number of ether oxygens (including phenoxy) is 6. The summed E-state index contributed by atoms with van der Waals surface area (Å²) >= 11 is 0. The van der Waals surface area contributed by atoms with E-state index in [0.29, 0.717) is 5.71 Å². The molecule has 6 heterocycles. The molecular formula is C25H27N5O13. The van der Waals surface area contributed by atoms with Gasteiger partial charge in [0, 0.05) is 44.8 Å². The van der Waals surface area contributed by atoms with Crippen molar-refractivity contribution >= 4 is 17.7 Å². The van der Waals surface area contributed by atoms with Crippen LogP contribution in [0.1, 0.15) is 32.7 Å². The Morgan fingerprint density at radius 3 is 1.98 bits per heavy atom. The first-order valence-corrected chi connectivity index (χ1v) is 13.3. The van der Waals surface area contributed by atoms with Gasteiger partial charge in [-0.2, -0.15) is 0 Å². The minimum Gasteiger partial charge on any atom is -0.455 e. The van der Waals surface area contributed by atoms with Gasteiger partial charge in [0.05, 0.1) is 18.9 Å². The number of rotatable bonds is 4. The first-order valence-electron chi connectivity index (χ1n) is 13.3. The SMILES string of the molecule is CC(=O)O[C@@H]1[C@H]2OC[C@H]3O[C@@H](n4ccc(=O)[nH]c4=O)[C@H](OC(C)=O)[C@H]3OC[C@H]3CC(=NO3)[C@H]2O[C@H]1n1ccc(=O)[nH]c1=O. The molecule has 230 valence electrons. The van der Waals surface area contributed by atoms with Crippen molar-refractivity contribution in [2.75, 3.05) is 13.2 Å². The molecule has 6 rings (SSSR count). The van der Waals surface area contributed by atoms with Gasteiger partial charge in [-0.05, 0) is 0 Å². The van der Waals surface area contributed by atoms with Crippen molar-refractivity contribution in [1.29, 1.82) is 0 Å². The largest absolute Gasteiger partial charge is 0.455 e. The lowest BCUT2D eigenvalue weighted by Crippen LogP contribution is -2.45. The molecule has 18 nitrogen and oxygen atoms in total. The summed E-state index contributed by atoms with van der Waals surface area (Å²) in [5, 5.41) is 4.14. The fourth-order valence-corrected chi connectivity index (χ4v) is 5.60. The van der Waals surface area contributed by atoms with E-state index in [1.165, 1.54) is 26.2 Å². The van der Waals surface area contributed by atoms with E-state index < -0.39 is 89.6 Å². The van der Waals surface area contributed by atoms with E-state index in [1.807, 2.05) is 0 Å². The van der Waals surface area contributed by atoms with Crippen LogP contribution in [-0.4, -0.2) is 92.7 Å². The zero-order valence-electron chi connectivity index (χ0n) is 22.8. The Hall–Kier alpha value is -4.39. The van der Waals surface area contributed by atoms with Gasteiger partial charge in [-0.25, -0.2) is 9.59 Å². The average molecular weight is 606 g/mol. The zero-order chi connectivity index (χ0) is 30.4. The van der Waals surface area contributed by atoms with Crippen LogP contribution in [0.4, 0.5) is 0 Å². The molecule has 3 saturated heterocycles. The van der Waals surface area contributed by atoms with E-state index in [9.17, 15) is 28.8 Å². The minimum absolute atomic E-state index is 0.0316. The average Bonchev–Trinajstić information content (AvgIpc) is 3.61. The fourth-order valence-electron chi connectivity index (χ4n) is 5.60. The maximum Gasteiger partial charge on any atom is 0.330 e. The summed E-state index contributed by atoms with van der Waals surface area (Å²) in [4.78, 5) is 82.8. The molecule has 2 aromatic rings. The molecule has 4 aliphatic heterocycles. The van der Waals surface area contributed by atoms with Gasteiger partial charge < -0.3 is 33.3 Å². The zero-order valence-corrected chi connectivity index (χ0v) is 22.8. The number of fused-ring (bicyclic) bond motifs is 5. The van der Waals surface area contributed by atoms with Gasteiger partial charge in [0.15, 0.2) is 30.8 Å². The van der Waals surface area contributed by atoms with Gasteiger partial charge in [0.2, 0.25) is 0 Å². The maximum absolute atomic E-state index is 12.7. The third-order valence-corrected chi connectivity index (χ3v) is 7.34. The van der Waals surface area contributed by atoms with Gasteiger partial charge in [-0.1, -0.05) is 5.16 Å². The number of carbonyl (C=O) groups excluding carboxylic acids is 2. The van der Waals surface area contributed by atoms with E-state index in [0.717, 1.165) is 21.3 Å². The van der Waals surface area contributed by atoms with Crippen LogP contribution in [0.15, 0.2) is 48.9 Å². The second-order valence-electron chi connectivity index (χ2n) is 10.3. The van der Waals surface area contributed by atoms with Crippen LogP contribution in [0, 0.1) is 0 Å². The Balaban J connectivity index is 1.37. The van der Waals surface area contributed by atoms with Crippen molar-refractivity contribution in [1.82, 2.24) is 19.1 Å². The number of aromatic nitrogens is 4. The van der Waals surface area contributed by atoms with E-state index in [2.05, 4.69) is 15.1 Å². The molecular weight excluding hydrogens is 578 g/mol. The Bertz CT molecular complexity index is 1680. The van der Waals surface area contributed by atoms with Gasteiger partial charge in [-0.15, -0.1) is 0 Å². The molecule has 9 atom stereocenters. The first kappa shape index (κ1) is 28.7. The second kappa shape index (κ2) is 11.4. The van der Waals surface area contributed by atoms with Crippen LogP contribution in [0.25, 0.3) is 0 Å². The van der Waals surface area contributed by atoms with Gasteiger partial charge in [-0.3, -0.25) is 38.3 Å². The summed E-state index contributed by atoms with van der Waals surface area (Å²) in [6.45, 7) is 2.09. The third kappa shape index (κ3) is 5.56. The molecule has 0 aromatic carbocycles. The number of hydrogen-bond acceptors (Lipinski definition) is 14. The summed E-state index contributed by atoms with van der Waals surface area (Å²) in [6.07, 6.45) is -6.71. The highest BCUT2D eigenvalue weighted by molar-refractivity contribution is 5.90. The topological polar surface area (TPSA) is 221 Å². The molecule has 0 unspecified atom stereocenters. The number of carbonyl (C=O) groups is 2. The number of aromatic amines is 2. The lowest BCUT2D eigenvalue weighted by Gasteiger charge is -2.27. The Morgan fingerprint density at radius 1 is 0.837 bits per heavy atom. The lowest BCUT2D eigenvalue weighted by atomic mass is 10.0. The summed E-state index contributed by atoms with van der Waals surface area (Å²) in [6, 6.07) is 2.23. The van der Waals surface area contributed by atoms with Crippen LogP contribution in [0.3, 0.4) is 0 Å². The van der Waals surface area contributed by atoms with Gasteiger partial charge in [0.25, 0.3) is 11.1 Å². The van der Waals surface area contributed by atoms with Crippen molar-refractivity contribution in [3.63, 3.8) is 0 Å². The summed E-state index contributed by atoms with van der Waals surface area (Å²) in [7, 11) is 0. The number of oxime groups is 1. The molecule has 0 aliphatic carbocycles. The van der Waals surface area contributed by atoms with Crippen molar-refractivity contribution in [3.8, 4) is 0 Å². The highest BCUT2D eigenvalue weighted by atomic mass is 16.7. The van der Waals surface area contributed by atoms with Crippen LogP contribution in [0.2, 0.25) is 0 Å². The molecule has 0 radical (unpaired) electrons. The summed E-state index contributed by atoms with van der Waals surface area (Å²) in [5.74, 6) is -1.37. The summed E-state index contributed by atoms with van der Waals surface area (Å²) in [5.41, 5.74) is -2.47. The number of hydrogen-bond donors (Lipinski definition) is 2. The van der Waals surface area contributed by atoms with Crippen molar-refractivity contribution in [2.45, 2.75) is 75.5 Å². The molecule has 0 amide bonds. The Kier molecular flexibility index (Phi) is 7.59. The van der Waals surface area contributed by atoms with Gasteiger partial charge >= 0.3 is 23.3 Å². The maximum atomic E-state index is 12.7. The smallest absolute Gasteiger partial charge is 0.330 e. The molecule has 0 spiro atoms. The van der Waals surface area contributed by atoms with E-state index in [-0.39, 0.29) is 19.6 Å². The monoisotopic (exact) mass is 605 g/mol. The van der Waals surface area contributed by atoms with E-state index >= 15 is 0 Å². The summed E-state index contributed by atoms with van der Waals surface area (Å²) < 4.78 is 38.0. The first-order chi connectivity index (χ1) is 20.6. The van der Waals surface area contributed by atoms with Gasteiger partial charge in [0.1, 0.15) is 24.4 Å². The Labute approximate surface area is 240 Å². The van der Waals surface area contributed by atoms with Crippen molar-refractivity contribution in [2.24, 2.45) is 5.16 Å². The number of nitrogens with one attached hydrogen (secondary N) is 2. The van der Waals surface area contributed by atoms with Crippen molar-refractivity contribution in [3.05, 3.63) is 66.2 Å². The number of nitrogens with zero attached hydrogens (tertiary/aromatic N) is 3. The normalized spacial score (nSPS) is 33.3. The minimum atomic E-state index is -1.22. The predicted molar refractivity (Wildman–Crippen MR) is 138 cm³/mol. The van der Waals surface area contributed by atoms with Crippen LogP contribution < -0.4 is 22.5 Å².